The van der Waals surface area contributed by atoms with E-state index in [9.17, 15) is 9.59 Å². The number of ether oxygens (including phenoxy) is 2. The maximum Gasteiger partial charge on any atom is 0.167 e. The number of fused-ring (bicyclic) bond motifs is 1. The highest BCUT2D eigenvalue weighted by Crippen LogP contribution is 2.35. The highest BCUT2D eigenvalue weighted by Gasteiger charge is 2.35. The lowest BCUT2D eigenvalue weighted by atomic mass is 9.74. The quantitative estimate of drug-likeness (QED) is 0.588. The Labute approximate surface area is 123 Å². The summed E-state index contributed by atoms with van der Waals surface area (Å²) < 4.78 is 11.0. The van der Waals surface area contributed by atoms with E-state index in [1.165, 1.54) is 0 Å². The third-order valence-electron chi connectivity index (χ3n) is 3.76. The standard InChI is InChI=1S/C17H18O4/c1-17(2)9-13(18)12(14(19)10-17)7-11-3-4-15-16(8-11)21-6-5-20-15/h3-4,7-8H,5-6,9-10H2,1-2H3. The van der Waals surface area contributed by atoms with Crippen LogP contribution < -0.4 is 9.47 Å². The number of carbonyl (C=O) groups is 2. The molecule has 0 atom stereocenters. The highest BCUT2D eigenvalue weighted by atomic mass is 16.6. The molecule has 21 heavy (non-hydrogen) atoms. The Bertz CT molecular complexity index is 618. The summed E-state index contributed by atoms with van der Waals surface area (Å²) in [6.07, 6.45) is 2.49. The van der Waals surface area contributed by atoms with Gasteiger partial charge in [-0.15, -0.1) is 0 Å². The smallest absolute Gasteiger partial charge is 0.167 e. The predicted molar refractivity (Wildman–Crippen MR) is 78.4 cm³/mol. The van der Waals surface area contributed by atoms with Crippen molar-refractivity contribution in [2.24, 2.45) is 5.41 Å². The average Bonchev–Trinajstić information content (AvgIpc) is 2.42. The zero-order valence-corrected chi connectivity index (χ0v) is 12.3. The van der Waals surface area contributed by atoms with Crippen LogP contribution in [0.2, 0.25) is 0 Å². The number of Topliss-reactive ketones (excluding diaryl/α,β-unsaturated/α-hetero) is 2. The Balaban J connectivity index is 1.91. The molecule has 0 spiro atoms. The van der Waals surface area contributed by atoms with Crippen molar-refractivity contribution in [1.82, 2.24) is 0 Å². The van der Waals surface area contributed by atoms with Crippen molar-refractivity contribution in [2.45, 2.75) is 26.7 Å². The zero-order chi connectivity index (χ0) is 15.0. The minimum atomic E-state index is -0.238. The summed E-state index contributed by atoms with van der Waals surface area (Å²) in [4.78, 5) is 24.3. The summed E-state index contributed by atoms with van der Waals surface area (Å²) in [7, 11) is 0. The molecule has 1 aliphatic heterocycles. The van der Waals surface area contributed by atoms with Crippen LogP contribution in [0.4, 0.5) is 0 Å². The van der Waals surface area contributed by atoms with Crippen molar-refractivity contribution in [3.63, 3.8) is 0 Å². The average molecular weight is 286 g/mol. The van der Waals surface area contributed by atoms with Gasteiger partial charge in [-0.05, 0) is 29.2 Å². The normalized spacial score (nSPS) is 20.4. The van der Waals surface area contributed by atoms with Gasteiger partial charge in [0.1, 0.15) is 13.2 Å². The molecule has 110 valence electrons. The van der Waals surface area contributed by atoms with E-state index in [1.807, 2.05) is 32.0 Å². The molecule has 4 nitrogen and oxygen atoms in total. The van der Waals surface area contributed by atoms with Crippen molar-refractivity contribution >= 4 is 17.6 Å². The minimum Gasteiger partial charge on any atom is -0.486 e. The van der Waals surface area contributed by atoms with Crippen LogP contribution in [0.1, 0.15) is 32.3 Å². The summed E-state index contributed by atoms with van der Waals surface area (Å²) in [6, 6.07) is 5.45. The topological polar surface area (TPSA) is 52.6 Å². The maximum atomic E-state index is 12.2. The number of hydrogen-bond acceptors (Lipinski definition) is 4. The predicted octanol–water partition coefficient (Wildman–Crippen LogP) is 2.80. The van der Waals surface area contributed by atoms with Gasteiger partial charge in [0.05, 0.1) is 5.57 Å². The van der Waals surface area contributed by atoms with Crippen LogP contribution in [0.3, 0.4) is 0 Å². The van der Waals surface area contributed by atoms with Crippen LogP contribution in [-0.2, 0) is 9.59 Å². The van der Waals surface area contributed by atoms with E-state index in [2.05, 4.69) is 0 Å². The second-order valence-corrected chi connectivity index (χ2v) is 6.33. The van der Waals surface area contributed by atoms with Gasteiger partial charge in [0.2, 0.25) is 0 Å². The summed E-state index contributed by atoms with van der Waals surface area (Å²) >= 11 is 0. The Kier molecular flexibility index (Phi) is 3.32. The molecule has 3 rings (SSSR count). The van der Waals surface area contributed by atoms with E-state index in [1.54, 1.807) is 6.08 Å². The molecule has 0 N–H and O–H groups in total. The molecule has 0 aromatic heterocycles. The molecule has 1 aromatic rings. The van der Waals surface area contributed by atoms with Gasteiger partial charge < -0.3 is 9.47 Å². The van der Waals surface area contributed by atoms with Gasteiger partial charge in [-0.1, -0.05) is 19.9 Å². The van der Waals surface area contributed by atoms with E-state index in [4.69, 9.17) is 9.47 Å². The Hall–Kier alpha value is -2.10. The zero-order valence-electron chi connectivity index (χ0n) is 12.3. The number of carbonyl (C=O) groups excluding carboxylic acids is 2. The van der Waals surface area contributed by atoms with E-state index >= 15 is 0 Å². The molecule has 0 amide bonds. The first kappa shape index (κ1) is 13.9. The monoisotopic (exact) mass is 286 g/mol. The van der Waals surface area contributed by atoms with Crippen molar-refractivity contribution in [3.05, 3.63) is 29.3 Å². The fourth-order valence-corrected chi connectivity index (χ4v) is 2.76. The Morgan fingerprint density at radius 1 is 1.00 bits per heavy atom. The van der Waals surface area contributed by atoms with Gasteiger partial charge in [0, 0.05) is 12.8 Å². The van der Waals surface area contributed by atoms with Crippen LogP contribution >= 0.6 is 0 Å². The van der Waals surface area contributed by atoms with Crippen LogP contribution in [0, 0.1) is 5.41 Å². The molecule has 0 radical (unpaired) electrons. The molecule has 0 saturated heterocycles. The lowest BCUT2D eigenvalue weighted by Crippen LogP contribution is -2.31. The van der Waals surface area contributed by atoms with Crippen LogP contribution in [0.25, 0.3) is 6.08 Å². The number of hydrogen-bond donors (Lipinski definition) is 0. The molecule has 1 heterocycles. The van der Waals surface area contributed by atoms with Gasteiger partial charge in [-0.2, -0.15) is 0 Å². The lowest BCUT2D eigenvalue weighted by molar-refractivity contribution is -0.127. The fourth-order valence-electron chi connectivity index (χ4n) is 2.76. The molecule has 1 saturated carbocycles. The number of allylic oxidation sites excluding steroid dienone is 1. The molecular weight excluding hydrogens is 268 g/mol. The first-order valence-electron chi connectivity index (χ1n) is 7.12. The Morgan fingerprint density at radius 2 is 1.62 bits per heavy atom. The van der Waals surface area contributed by atoms with E-state index in [0.717, 1.165) is 5.56 Å². The largest absolute Gasteiger partial charge is 0.486 e. The van der Waals surface area contributed by atoms with E-state index in [0.29, 0.717) is 43.1 Å². The molecule has 2 aliphatic rings. The summed E-state index contributed by atoms with van der Waals surface area (Å²) in [6.45, 7) is 4.95. The maximum absolute atomic E-state index is 12.2. The molecule has 4 heteroatoms. The molecule has 0 unspecified atom stereocenters. The van der Waals surface area contributed by atoms with Gasteiger partial charge in [-0.3, -0.25) is 9.59 Å². The van der Waals surface area contributed by atoms with Crippen molar-refractivity contribution < 1.29 is 19.1 Å². The Morgan fingerprint density at radius 3 is 2.29 bits per heavy atom. The van der Waals surface area contributed by atoms with Crippen molar-refractivity contribution in [3.8, 4) is 11.5 Å². The van der Waals surface area contributed by atoms with Crippen LogP contribution in [0.5, 0.6) is 11.5 Å². The van der Waals surface area contributed by atoms with E-state index < -0.39 is 0 Å². The molecule has 1 aliphatic carbocycles. The molecule has 1 aromatic carbocycles. The van der Waals surface area contributed by atoms with Crippen LogP contribution in [-0.4, -0.2) is 24.8 Å². The van der Waals surface area contributed by atoms with Crippen molar-refractivity contribution in [2.75, 3.05) is 13.2 Å². The minimum absolute atomic E-state index is 0.0776. The van der Waals surface area contributed by atoms with Gasteiger partial charge in [0.15, 0.2) is 23.1 Å². The third kappa shape index (κ3) is 2.84. The first-order valence-corrected chi connectivity index (χ1v) is 7.12. The highest BCUT2D eigenvalue weighted by molar-refractivity contribution is 6.25. The molecule has 1 fully saturated rings. The summed E-state index contributed by atoms with van der Waals surface area (Å²) in [5.74, 6) is 1.20. The van der Waals surface area contributed by atoms with Gasteiger partial charge >= 0.3 is 0 Å². The first-order chi connectivity index (χ1) is 9.94. The number of benzene rings is 1. The SMILES string of the molecule is CC1(C)CC(=O)C(=Cc2ccc3c(c2)OCCO3)C(=O)C1. The number of rotatable bonds is 1. The van der Waals surface area contributed by atoms with E-state index in [-0.39, 0.29) is 17.0 Å². The van der Waals surface area contributed by atoms with Crippen molar-refractivity contribution in [1.29, 1.82) is 0 Å². The fraction of sp³-hybridized carbons (Fsp3) is 0.412. The van der Waals surface area contributed by atoms with Gasteiger partial charge in [-0.25, -0.2) is 0 Å². The lowest BCUT2D eigenvalue weighted by Gasteiger charge is -2.28. The second kappa shape index (κ2) is 5.02. The summed E-state index contributed by atoms with van der Waals surface area (Å²) in [5.41, 5.74) is 0.847. The summed E-state index contributed by atoms with van der Waals surface area (Å²) in [5, 5.41) is 0. The van der Waals surface area contributed by atoms with Crippen LogP contribution in [0.15, 0.2) is 23.8 Å². The second-order valence-electron chi connectivity index (χ2n) is 6.33. The molecule has 0 bridgehead atoms. The van der Waals surface area contributed by atoms with Gasteiger partial charge in [0.25, 0.3) is 0 Å². The molecular formula is C17H18O4. The number of ketones is 2. The third-order valence-corrected chi connectivity index (χ3v) is 3.76.